The molecule has 2 N–H and O–H groups in total. The molecule has 8 heteroatoms. The molecular weight excluding hydrogens is 309 g/mol. The molecule has 0 radical (unpaired) electrons. The van der Waals surface area contributed by atoms with Crippen molar-refractivity contribution in [3.8, 4) is 11.3 Å². The fourth-order valence-electron chi connectivity index (χ4n) is 2.17. The topological polar surface area (TPSA) is 73.3 Å². The van der Waals surface area contributed by atoms with E-state index >= 15 is 0 Å². The number of fused-ring (bicyclic) bond motifs is 1. The van der Waals surface area contributed by atoms with Gasteiger partial charge in [-0.3, -0.25) is 4.79 Å². The van der Waals surface area contributed by atoms with E-state index in [0.29, 0.717) is 10.1 Å². The summed E-state index contributed by atoms with van der Waals surface area (Å²) >= 11 is 0. The van der Waals surface area contributed by atoms with E-state index in [1.165, 1.54) is 0 Å². The number of aryl methyl sites for hydroxylation is 1. The Morgan fingerprint density at radius 1 is 1.17 bits per heavy atom. The number of benzene rings is 1. The fourth-order valence-corrected chi connectivity index (χ4v) is 2.17. The molecule has 0 bridgehead atoms. The van der Waals surface area contributed by atoms with Crippen LogP contribution in [0, 0.1) is 6.92 Å². The van der Waals surface area contributed by atoms with Crippen LogP contribution in [-0.2, 0) is 6.18 Å². The van der Waals surface area contributed by atoms with Gasteiger partial charge < -0.3 is 5.73 Å². The van der Waals surface area contributed by atoms with E-state index in [4.69, 9.17) is 5.73 Å². The zero-order valence-electron chi connectivity index (χ0n) is 11.9. The van der Waals surface area contributed by atoms with Crippen LogP contribution in [0.2, 0.25) is 0 Å². The Balaban J connectivity index is 2.28. The van der Waals surface area contributed by atoms with Crippen molar-refractivity contribution in [3.05, 3.63) is 53.3 Å². The van der Waals surface area contributed by atoms with Crippen LogP contribution in [0.4, 0.5) is 13.2 Å². The molecule has 2 heterocycles. The number of alkyl halides is 3. The van der Waals surface area contributed by atoms with Crippen LogP contribution in [0.15, 0.2) is 36.4 Å². The first-order valence-corrected chi connectivity index (χ1v) is 6.60. The van der Waals surface area contributed by atoms with E-state index < -0.39 is 17.8 Å². The highest BCUT2D eigenvalue weighted by Crippen LogP contribution is 2.32. The quantitative estimate of drug-likeness (QED) is 0.789. The van der Waals surface area contributed by atoms with Gasteiger partial charge >= 0.3 is 6.18 Å². The van der Waals surface area contributed by atoms with E-state index in [0.717, 1.165) is 17.7 Å². The van der Waals surface area contributed by atoms with Gasteiger partial charge in [0.25, 0.3) is 5.91 Å². The Kier molecular flexibility index (Phi) is 3.32. The van der Waals surface area contributed by atoms with Gasteiger partial charge in [-0.25, -0.2) is 9.50 Å². The first-order valence-electron chi connectivity index (χ1n) is 6.60. The van der Waals surface area contributed by atoms with Gasteiger partial charge in [-0.05, 0) is 13.0 Å². The Labute approximate surface area is 128 Å². The average Bonchev–Trinajstić information content (AvgIpc) is 2.90. The minimum Gasteiger partial charge on any atom is -0.364 e. The summed E-state index contributed by atoms with van der Waals surface area (Å²) in [5.74, 6) is -0.916. The molecule has 2 aromatic heterocycles. The van der Waals surface area contributed by atoms with Crippen molar-refractivity contribution in [2.24, 2.45) is 5.73 Å². The second kappa shape index (κ2) is 5.08. The molecule has 0 fully saturated rings. The number of carbonyl (C=O) groups excluding carboxylic acids is 1. The van der Waals surface area contributed by atoms with E-state index in [9.17, 15) is 18.0 Å². The highest BCUT2D eigenvalue weighted by molar-refractivity contribution is 5.91. The molecule has 0 aliphatic carbocycles. The molecule has 1 aromatic carbocycles. The van der Waals surface area contributed by atoms with Crippen LogP contribution in [0.3, 0.4) is 0 Å². The normalized spacial score (nSPS) is 11.8. The van der Waals surface area contributed by atoms with Crippen molar-refractivity contribution < 1.29 is 18.0 Å². The van der Waals surface area contributed by atoms with Crippen molar-refractivity contribution in [2.75, 3.05) is 0 Å². The largest absolute Gasteiger partial charge is 0.433 e. The second-order valence-corrected chi connectivity index (χ2v) is 5.05. The first-order chi connectivity index (χ1) is 10.8. The van der Waals surface area contributed by atoms with Gasteiger partial charge in [-0.15, -0.1) is 0 Å². The summed E-state index contributed by atoms with van der Waals surface area (Å²) in [5.41, 5.74) is 5.34. The lowest BCUT2D eigenvalue weighted by molar-refractivity contribution is -0.142. The Hall–Kier alpha value is -2.90. The van der Waals surface area contributed by atoms with Crippen molar-refractivity contribution in [1.29, 1.82) is 0 Å². The third-order valence-corrected chi connectivity index (χ3v) is 3.32. The van der Waals surface area contributed by atoms with Crippen LogP contribution in [0.1, 0.15) is 21.7 Å². The smallest absolute Gasteiger partial charge is 0.364 e. The summed E-state index contributed by atoms with van der Waals surface area (Å²) < 4.78 is 40.4. The van der Waals surface area contributed by atoms with Crippen molar-refractivity contribution in [2.45, 2.75) is 13.1 Å². The fraction of sp³-hybridized carbons (Fsp3) is 0.133. The van der Waals surface area contributed by atoms with Gasteiger partial charge in [-0.2, -0.15) is 18.3 Å². The molecule has 0 unspecified atom stereocenters. The number of carbonyl (C=O) groups is 1. The lowest BCUT2D eigenvalue weighted by atomic mass is 10.1. The number of hydrogen-bond acceptors (Lipinski definition) is 3. The van der Waals surface area contributed by atoms with Gasteiger partial charge in [0, 0.05) is 11.6 Å². The zero-order valence-corrected chi connectivity index (χ0v) is 11.9. The van der Waals surface area contributed by atoms with Gasteiger partial charge in [0.15, 0.2) is 17.0 Å². The third-order valence-electron chi connectivity index (χ3n) is 3.32. The second-order valence-electron chi connectivity index (χ2n) is 5.05. The van der Waals surface area contributed by atoms with E-state index in [2.05, 4.69) is 10.1 Å². The predicted molar refractivity (Wildman–Crippen MR) is 76.7 cm³/mol. The highest BCUT2D eigenvalue weighted by Gasteiger charge is 2.35. The number of nitrogens with zero attached hydrogens (tertiary/aromatic N) is 3. The molecule has 0 saturated heterocycles. The number of primary amides is 1. The lowest BCUT2D eigenvalue weighted by Crippen LogP contribution is -2.15. The average molecular weight is 320 g/mol. The molecule has 0 aliphatic rings. The van der Waals surface area contributed by atoms with Crippen LogP contribution in [0.5, 0.6) is 0 Å². The molecular formula is C15H11F3N4O. The molecule has 0 spiro atoms. The monoisotopic (exact) mass is 320 g/mol. The Bertz CT molecular complexity index is 897. The summed E-state index contributed by atoms with van der Waals surface area (Å²) in [7, 11) is 0. The summed E-state index contributed by atoms with van der Waals surface area (Å²) in [6.07, 6.45) is -4.65. The van der Waals surface area contributed by atoms with Crippen LogP contribution in [0.25, 0.3) is 16.9 Å². The van der Waals surface area contributed by atoms with Crippen LogP contribution >= 0.6 is 0 Å². The van der Waals surface area contributed by atoms with Crippen molar-refractivity contribution >= 4 is 11.6 Å². The number of rotatable bonds is 2. The molecule has 23 heavy (non-hydrogen) atoms. The molecule has 3 rings (SSSR count). The Morgan fingerprint density at radius 3 is 2.39 bits per heavy atom. The minimum absolute atomic E-state index is 0.0933. The molecule has 3 aromatic rings. The van der Waals surface area contributed by atoms with Gasteiger partial charge in [-0.1, -0.05) is 29.8 Å². The first kappa shape index (κ1) is 15.0. The highest BCUT2D eigenvalue weighted by atomic mass is 19.4. The van der Waals surface area contributed by atoms with Gasteiger partial charge in [0.1, 0.15) is 0 Å². The van der Waals surface area contributed by atoms with Crippen molar-refractivity contribution in [3.63, 3.8) is 0 Å². The van der Waals surface area contributed by atoms with Crippen molar-refractivity contribution in [1.82, 2.24) is 14.6 Å². The summed E-state index contributed by atoms with van der Waals surface area (Å²) in [6, 6.07) is 8.95. The van der Waals surface area contributed by atoms with Crippen LogP contribution < -0.4 is 5.73 Å². The van der Waals surface area contributed by atoms with Gasteiger partial charge in [0.2, 0.25) is 0 Å². The lowest BCUT2D eigenvalue weighted by Gasteiger charge is -2.11. The Morgan fingerprint density at radius 2 is 1.83 bits per heavy atom. The molecule has 0 aliphatic heterocycles. The van der Waals surface area contributed by atoms with E-state index in [1.54, 1.807) is 24.3 Å². The van der Waals surface area contributed by atoms with Gasteiger partial charge in [0.05, 0.1) is 5.69 Å². The molecule has 1 amide bonds. The minimum atomic E-state index is -4.65. The summed E-state index contributed by atoms with van der Waals surface area (Å²) in [5, 5.41) is 3.59. The molecule has 0 atom stereocenters. The number of halogens is 3. The number of nitrogens with two attached hydrogens (primary N) is 1. The molecule has 0 saturated carbocycles. The molecule has 5 nitrogen and oxygen atoms in total. The maximum atomic E-state index is 13.3. The number of aromatic nitrogens is 3. The van der Waals surface area contributed by atoms with Crippen LogP contribution in [-0.4, -0.2) is 20.5 Å². The number of hydrogen-bond donors (Lipinski definition) is 1. The van der Waals surface area contributed by atoms with E-state index in [1.807, 2.05) is 6.92 Å². The zero-order chi connectivity index (χ0) is 16.8. The predicted octanol–water partition coefficient (Wildman–Crippen LogP) is 2.82. The third kappa shape index (κ3) is 2.75. The summed E-state index contributed by atoms with van der Waals surface area (Å²) in [6.45, 7) is 1.87. The standard InChI is InChI=1S/C15H11F3N4O/c1-8-2-4-9(5-3-8)10-6-12(15(16,17)18)22-13(20-10)7-11(21-22)14(19)23/h2-7H,1H3,(H2,19,23). The maximum absolute atomic E-state index is 13.3. The SMILES string of the molecule is Cc1ccc(-c2cc(C(F)(F)F)n3nc(C(N)=O)cc3n2)cc1. The number of amides is 1. The summed E-state index contributed by atoms with van der Waals surface area (Å²) in [4.78, 5) is 15.3. The van der Waals surface area contributed by atoms with E-state index in [-0.39, 0.29) is 17.0 Å². The molecule has 118 valence electrons. The maximum Gasteiger partial charge on any atom is 0.433 e.